The van der Waals surface area contributed by atoms with E-state index in [1.807, 2.05) is 12.1 Å². The van der Waals surface area contributed by atoms with E-state index in [1.54, 1.807) is 6.07 Å². The van der Waals surface area contributed by atoms with Crippen molar-refractivity contribution in [2.45, 2.75) is 0 Å². The topological polar surface area (TPSA) is 70.6 Å². The Morgan fingerprint density at radius 1 is 1.00 bits per heavy atom. The van der Waals surface area contributed by atoms with Crippen LogP contribution in [0.15, 0.2) is 42.5 Å². The van der Waals surface area contributed by atoms with E-state index in [1.165, 1.54) is 12.8 Å². The van der Waals surface area contributed by atoms with Crippen molar-refractivity contribution < 1.29 is 9.53 Å². The summed E-state index contributed by atoms with van der Waals surface area (Å²) in [4.78, 5) is 15.7. The largest absolute Gasteiger partial charge is 0.453 e. The minimum atomic E-state index is -0.552. The summed E-state index contributed by atoms with van der Waals surface area (Å²) in [6, 6.07) is 14.0. The monoisotopic (exact) mass is 313 g/mol. The number of ether oxygens (including phenoxy) is 1. The Morgan fingerprint density at radius 2 is 1.70 bits per heavy atom. The van der Waals surface area contributed by atoms with Crippen LogP contribution in [0.1, 0.15) is 0 Å². The highest BCUT2D eigenvalue weighted by atomic mass is 16.5. The quantitative estimate of drug-likeness (QED) is 0.934. The van der Waals surface area contributed by atoms with Crippen molar-refractivity contribution in [2.75, 3.05) is 48.4 Å². The number of aromatic nitrogens is 2. The maximum Gasteiger partial charge on any atom is 0.412 e. The number of methoxy groups -OCH3 is 1. The van der Waals surface area contributed by atoms with E-state index >= 15 is 0 Å². The molecule has 23 heavy (non-hydrogen) atoms. The van der Waals surface area contributed by atoms with Gasteiger partial charge < -0.3 is 14.5 Å². The number of piperazine rings is 1. The Hall–Kier alpha value is -2.83. The minimum absolute atomic E-state index is 0.378. The third kappa shape index (κ3) is 3.68. The van der Waals surface area contributed by atoms with Gasteiger partial charge in [0.15, 0.2) is 11.6 Å². The summed E-state index contributed by atoms with van der Waals surface area (Å²) < 4.78 is 4.52. The Kier molecular flexibility index (Phi) is 4.56. The lowest BCUT2D eigenvalue weighted by molar-refractivity contribution is 0.187. The van der Waals surface area contributed by atoms with Crippen molar-refractivity contribution in [1.82, 2.24) is 10.2 Å². The van der Waals surface area contributed by atoms with Crippen LogP contribution in [0.25, 0.3) is 0 Å². The van der Waals surface area contributed by atoms with Gasteiger partial charge in [-0.2, -0.15) is 0 Å². The molecule has 0 aliphatic carbocycles. The van der Waals surface area contributed by atoms with Gasteiger partial charge in [-0.3, -0.25) is 5.32 Å². The van der Waals surface area contributed by atoms with Crippen molar-refractivity contribution in [1.29, 1.82) is 0 Å². The number of amides is 1. The van der Waals surface area contributed by atoms with Gasteiger partial charge in [0.2, 0.25) is 0 Å². The number of nitrogens with zero attached hydrogens (tertiary/aromatic N) is 4. The SMILES string of the molecule is COC(=O)Nc1ccc(N2CCN(c3ccccc3)CC2)nn1. The predicted octanol–water partition coefficient (Wildman–Crippen LogP) is 1.98. The van der Waals surface area contributed by atoms with Crippen LogP contribution < -0.4 is 15.1 Å². The molecular formula is C16H19N5O2. The molecule has 120 valence electrons. The van der Waals surface area contributed by atoms with E-state index in [0.717, 1.165) is 32.0 Å². The molecule has 0 atom stereocenters. The lowest BCUT2D eigenvalue weighted by Crippen LogP contribution is -2.46. The summed E-state index contributed by atoms with van der Waals surface area (Å²) in [5.74, 6) is 1.19. The van der Waals surface area contributed by atoms with Crippen LogP contribution in [0.2, 0.25) is 0 Å². The normalized spacial score (nSPS) is 14.5. The second-order valence-electron chi connectivity index (χ2n) is 5.20. The summed E-state index contributed by atoms with van der Waals surface area (Å²) in [5.41, 5.74) is 1.25. The van der Waals surface area contributed by atoms with Gasteiger partial charge in [0.1, 0.15) is 0 Å². The molecule has 0 saturated carbocycles. The van der Waals surface area contributed by atoms with Crippen LogP contribution in [-0.2, 0) is 4.74 Å². The van der Waals surface area contributed by atoms with Crippen LogP contribution in [-0.4, -0.2) is 49.6 Å². The average molecular weight is 313 g/mol. The molecule has 1 amide bonds. The van der Waals surface area contributed by atoms with Crippen LogP contribution in [0.5, 0.6) is 0 Å². The Morgan fingerprint density at radius 3 is 2.30 bits per heavy atom. The molecule has 0 bridgehead atoms. The Labute approximate surface area is 134 Å². The maximum absolute atomic E-state index is 11.1. The molecule has 7 nitrogen and oxygen atoms in total. The number of hydrogen-bond acceptors (Lipinski definition) is 6. The molecule has 0 unspecified atom stereocenters. The maximum atomic E-state index is 11.1. The van der Waals surface area contributed by atoms with Crippen molar-refractivity contribution in [3.05, 3.63) is 42.5 Å². The zero-order chi connectivity index (χ0) is 16.1. The lowest BCUT2D eigenvalue weighted by Gasteiger charge is -2.36. The molecule has 1 aliphatic heterocycles. The molecule has 1 aliphatic rings. The minimum Gasteiger partial charge on any atom is -0.453 e. The van der Waals surface area contributed by atoms with Crippen LogP contribution in [0, 0.1) is 0 Å². The summed E-state index contributed by atoms with van der Waals surface area (Å²) in [6.45, 7) is 3.64. The van der Waals surface area contributed by atoms with E-state index in [-0.39, 0.29) is 0 Å². The molecule has 3 rings (SSSR count). The summed E-state index contributed by atoms with van der Waals surface area (Å²) in [5, 5.41) is 10.7. The molecule has 1 aromatic heterocycles. The van der Waals surface area contributed by atoms with Crippen molar-refractivity contribution >= 4 is 23.4 Å². The number of para-hydroxylation sites is 1. The average Bonchev–Trinajstić information content (AvgIpc) is 2.63. The fourth-order valence-corrected chi connectivity index (χ4v) is 2.55. The first kappa shape index (κ1) is 15.1. The second kappa shape index (κ2) is 6.95. The molecule has 1 saturated heterocycles. The number of benzene rings is 1. The molecular weight excluding hydrogens is 294 g/mol. The Balaban J connectivity index is 1.58. The van der Waals surface area contributed by atoms with Gasteiger partial charge >= 0.3 is 6.09 Å². The lowest BCUT2D eigenvalue weighted by atomic mass is 10.2. The predicted molar refractivity (Wildman–Crippen MR) is 88.9 cm³/mol. The van der Waals surface area contributed by atoms with Gasteiger partial charge in [0, 0.05) is 31.9 Å². The van der Waals surface area contributed by atoms with Crippen molar-refractivity contribution in [2.24, 2.45) is 0 Å². The molecule has 2 aromatic rings. The number of carbonyl (C=O) groups is 1. The zero-order valence-corrected chi connectivity index (χ0v) is 13.0. The van der Waals surface area contributed by atoms with Crippen LogP contribution >= 0.6 is 0 Å². The van der Waals surface area contributed by atoms with E-state index in [9.17, 15) is 4.79 Å². The number of carbonyl (C=O) groups excluding carboxylic acids is 1. The van der Waals surface area contributed by atoms with Gasteiger partial charge in [0.05, 0.1) is 7.11 Å². The molecule has 1 fully saturated rings. The molecule has 0 radical (unpaired) electrons. The third-order valence-electron chi connectivity index (χ3n) is 3.79. The van der Waals surface area contributed by atoms with E-state index in [2.05, 4.69) is 54.3 Å². The smallest absolute Gasteiger partial charge is 0.412 e. The highest BCUT2D eigenvalue weighted by molar-refractivity contribution is 5.83. The number of rotatable bonds is 3. The number of hydrogen-bond donors (Lipinski definition) is 1. The first-order valence-corrected chi connectivity index (χ1v) is 7.50. The van der Waals surface area contributed by atoms with Crippen LogP contribution in [0.3, 0.4) is 0 Å². The molecule has 1 N–H and O–H groups in total. The van der Waals surface area contributed by atoms with Gasteiger partial charge in [-0.25, -0.2) is 4.79 Å². The number of nitrogens with one attached hydrogen (secondary N) is 1. The fraction of sp³-hybridized carbons (Fsp3) is 0.312. The number of anilines is 3. The standard InChI is InChI=1S/C16H19N5O2/c1-23-16(22)17-14-7-8-15(19-18-14)21-11-9-20(10-12-21)13-5-3-2-4-6-13/h2-8H,9-12H2,1H3,(H,17,18,22). The highest BCUT2D eigenvalue weighted by Crippen LogP contribution is 2.19. The van der Waals surface area contributed by atoms with Gasteiger partial charge in [0.25, 0.3) is 0 Å². The first-order chi connectivity index (χ1) is 11.3. The highest BCUT2D eigenvalue weighted by Gasteiger charge is 2.18. The van der Waals surface area contributed by atoms with Crippen molar-refractivity contribution in [3.8, 4) is 0 Å². The van der Waals surface area contributed by atoms with Gasteiger partial charge in [-0.15, -0.1) is 10.2 Å². The molecule has 2 heterocycles. The van der Waals surface area contributed by atoms with Gasteiger partial charge in [-0.1, -0.05) is 18.2 Å². The summed E-state index contributed by atoms with van der Waals surface area (Å²) >= 11 is 0. The van der Waals surface area contributed by atoms with E-state index in [0.29, 0.717) is 5.82 Å². The molecule has 0 spiro atoms. The first-order valence-electron chi connectivity index (χ1n) is 7.50. The molecule has 1 aromatic carbocycles. The Bertz CT molecular complexity index is 639. The van der Waals surface area contributed by atoms with E-state index < -0.39 is 6.09 Å². The third-order valence-corrected chi connectivity index (χ3v) is 3.79. The molecule has 7 heteroatoms. The summed E-state index contributed by atoms with van der Waals surface area (Å²) in [7, 11) is 1.31. The van der Waals surface area contributed by atoms with E-state index in [4.69, 9.17) is 0 Å². The van der Waals surface area contributed by atoms with Crippen LogP contribution in [0.4, 0.5) is 22.1 Å². The van der Waals surface area contributed by atoms with Crippen molar-refractivity contribution in [3.63, 3.8) is 0 Å². The second-order valence-corrected chi connectivity index (χ2v) is 5.20. The summed E-state index contributed by atoms with van der Waals surface area (Å²) in [6.07, 6.45) is -0.552. The van der Waals surface area contributed by atoms with Gasteiger partial charge in [-0.05, 0) is 24.3 Å². The fourth-order valence-electron chi connectivity index (χ4n) is 2.55. The zero-order valence-electron chi connectivity index (χ0n) is 13.0.